The highest BCUT2D eigenvalue weighted by molar-refractivity contribution is 5.98. The van der Waals surface area contributed by atoms with Crippen molar-refractivity contribution in [1.82, 2.24) is 5.32 Å². The lowest BCUT2D eigenvalue weighted by molar-refractivity contribution is -0.144. The van der Waals surface area contributed by atoms with E-state index in [1.165, 1.54) is 26.2 Å². The number of benzene rings is 1. The summed E-state index contributed by atoms with van der Waals surface area (Å²) in [6.45, 7) is 0.179. The van der Waals surface area contributed by atoms with Crippen molar-refractivity contribution >= 4 is 11.9 Å². The molecule has 0 spiro atoms. The predicted octanol–water partition coefficient (Wildman–Crippen LogP) is 2.67. The second-order valence-corrected chi connectivity index (χ2v) is 5.09. The number of methoxy groups -OCH3 is 1. The number of alkyl halides is 2. The number of carboxylic acids is 1. The molecule has 6 nitrogen and oxygen atoms in total. The van der Waals surface area contributed by atoms with E-state index in [1.807, 2.05) is 0 Å². The molecule has 1 amide bonds. The summed E-state index contributed by atoms with van der Waals surface area (Å²) in [5.74, 6) is -2.07. The van der Waals surface area contributed by atoms with Gasteiger partial charge in [-0.15, -0.1) is 0 Å². The lowest BCUT2D eigenvalue weighted by Gasteiger charge is -2.26. The van der Waals surface area contributed by atoms with Crippen LogP contribution >= 0.6 is 0 Å². The number of nitrogens with one attached hydrogen (secondary N) is 1. The molecule has 1 aromatic rings. The number of aliphatic carboxylic acids is 1. The fourth-order valence-electron chi connectivity index (χ4n) is 2.05. The number of rotatable bonds is 8. The van der Waals surface area contributed by atoms with Crippen LogP contribution in [-0.2, 0) is 4.79 Å². The molecule has 0 aromatic heterocycles. The van der Waals surface area contributed by atoms with E-state index < -0.39 is 24.0 Å². The Bertz CT molecular complexity index is 579. The topological polar surface area (TPSA) is 84.9 Å². The summed E-state index contributed by atoms with van der Waals surface area (Å²) in [4.78, 5) is 23.6. The maximum atomic E-state index is 12.3. The molecular weight excluding hydrogens is 312 g/mol. The van der Waals surface area contributed by atoms with Crippen molar-refractivity contribution in [3.63, 3.8) is 0 Å². The zero-order valence-electron chi connectivity index (χ0n) is 13.1. The normalized spacial score (nSPS) is 13.3. The van der Waals surface area contributed by atoms with Crippen LogP contribution in [0, 0.1) is 0 Å². The maximum absolute atomic E-state index is 12.3. The van der Waals surface area contributed by atoms with Crippen LogP contribution in [0.15, 0.2) is 18.2 Å². The predicted molar refractivity (Wildman–Crippen MR) is 78.0 cm³/mol. The van der Waals surface area contributed by atoms with E-state index in [0.717, 1.165) is 6.07 Å². The van der Waals surface area contributed by atoms with Crippen LogP contribution in [0.1, 0.15) is 37.0 Å². The van der Waals surface area contributed by atoms with Crippen LogP contribution in [0.2, 0.25) is 0 Å². The minimum Gasteiger partial charge on any atom is -0.493 e. The summed E-state index contributed by atoms with van der Waals surface area (Å²) in [6, 6.07) is 3.63. The van der Waals surface area contributed by atoms with Crippen molar-refractivity contribution in [2.24, 2.45) is 0 Å². The SMILES string of the molecule is CCCC(C)(NC(=O)c1ccc(OC(F)F)c(OC)c1)C(=O)O. The van der Waals surface area contributed by atoms with Crippen LogP contribution < -0.4 is 14.8 Å². The molecule has 1 unspecified atom stereocenters. The summed E-state index contributed by atoms with van der Waals surface area (Å²) >= 11 is 0. The highest BCUT2D eigenvalue weighted by Gasteiger charge is 2.34. The monoisotopic (exact) mass is 331 g/mol. The zero-order valence-corrected chi connectivity index (χ0v) is 13.1. The summed E-state index contributed by atoms with van der Waals surface area (Å²) in [7, 11) is 1.24. The molecule has 128 valence electrons. The first-order valence-corrected chi connectivity index (χ1v) is 6.92. The Balaban J connectivity index is 3.02. The molecule has 0 saturated heterocycles. The van der Waals surface area contributed by atoms with Crippen molar-refractivity contribution in [2.75, 3.05) is 7.11 Å². The fourth-order valence-corrected chi connectivity index (χ4v) is 2.05. The van der Waals surface area contributed by atoms with Gasteiger partial charge in [-0.2, -0.15) is 8.78 Å². The Kier molecular flexibility index (Phi) is 6.29. The first-order chi connectivity index (χ1) is 10.7. The molecular formula is C15H19F2NO5. The zero-order chi connectivity index (χ0) is 17.6. The van der Waals surface area contributed by atoms with Gasteiger partial charge in [0.05, 0.1) is 7.11 Å². The van der Waals surface area contributed by atoms with Crippen LogP contribution in [0.3, 0.4) is 0 Å². The molecule has 0 radical (unpaired) electrons. The van der Waals surface area contributed by atoms with Gasteiger partial charge >= 0.3 is 12.6 Å². The molecule has 0 bridgehead atoms. The standard InChI is InChI=1S/C15H19F2NO5/c1-4-7-15(2,13(20)21)18-12(19)9-5-6-10(23-14(16)17)11(8-9)22-3/h5-6,8,14H,4,7H2,1-3H3,(H,18,19)(H,20,21). The third-order valence-corrected chi connectivity index (χ3v) is 3.25. The van der Waals surface area contributed by atoms with Gasteiger partial charge < -0.3 is 19.9 Å². The molecule has 23 heavy (non-hydrogen) atoms. The molecule has 0 aliphatic rings. The van der Waals surface area contributed by atoms with E-state index in [9.17, 15) is 23.5 Å². The number of carbonyl (C=O) groups excluding carboxylic acids is 1. The van der Waals surface area contributed by atoms with E-state index in [0.29, 0.717) is 6.42 Å². The van der Waals surface area contributed by atoms with E-state index in [4.69, 9.17) is 4.74 Å². The largest absolute Gasteiger partial charge is 0.493 e. The maximum Gasteiger partial charge on any atom is 0.387 e. The van der Waals surface area contributed by atoms with E-state index in [-0.39, 0.29) is 23.5 Å². The van der Waals surface area contributed by atoms with Crippen molar-refractivity contribution < 1.29 is 33.0 Å². The van der Waals surface area contributed by atoms with Gasteiger partial charge in [0.1, 0.15) is 5.54 Å². The lowest BCUT2D eigenvalue weighted by Crippen LogP contribution is -2.52. The summed E-state index contributed by atoms with van der Waals surface area (Å²) < 4.78 is 33.7. The number of hydrogen-bond acceptors (Lipinski definition) is 4. The van der Waals surface area contributed by atoms with Crippen molar-refractivity contribution in [3.05, 3.63) is 23.8 Å². The summed E-state index contributed by atoms with van der Waals surface area (Å²) in [6.07, 6.45) is 0.811. The van der Waals surface area contributed by atoms with Crippen LogP contribution in [0.4, 0.5) is 8.78 Å². The number of halogens is 2. The summed E-state index contributed by atoms with van der Waals surface area (Å²) in [5, 5.41) is 11.7. The van der Waals surface area contributed by atoms with Crippen LogP contribution in [0.5, 0.6) is 11.5 Å². The summed E-state index contributed by atoms with van der Waals surface area (Å²) in [5.41, 5.74) is -1.34. The van der Waals surface area contributed by atoms with Gasteiger partial charge in [0.15, 0.2) is 11.5 Å². The third-order valence-electron chi connectivity index (χ3n) is 3.25. The minimum absolute atomic E-state index is 0.0505. The van der Waals surface area contributed by atoms with Crippen molar-refractivity contribution in [2.45, 2.75) is 38.8 Å². The Hall–Kier alpha value is -2.38. The highest BCUT2D eigenvalue weighted by Crippen LogP contribution is 2.29. The van der Waals surface area contributed by atoms with Gasteiger partial charge in [-0.1, -0.05) is 13.3 Å². The molecule has 8 heteroatoms. The number of ether oxygens (including phenoxy) is 2. The number of carbonyl (C=O) groups is 2. The van der Waals surface area contributed by atoms with Gasteiger partial charge in [0, 0.05) is 5.56 Å². The Morgan fingerprint density at radius 1 is 1.35 bits per heavy atom. The average Bonchev–Trinajstić information content (AvgIpc) is 2.46. The molecule has 1 aromatic carbocycles. The molecule has 0 heterocycles. The van der Waals surface area contributed by atoms with Gasteiger partial charge in [0.25, 0.3) is 5.91 Å². The van der Waals surface area contributed by atoms with Gasteiger partial charge in [0.2, 0.25) is 0 Å². The van der Waals surface area contributed by atoms with Crippen molar-refractivity contribution in [3.8, 4) is 11.5 Å². The van der Waals surface area contributed by atoms with Gasteiger partial charge in [-0.3, -0.25) is 4.79 Å². The Labute approximate surface area is 132 Å². The van der Waals surface area contributed by atoms with Crippen LogP contribution in [0.25, 0.3) is 0 Å². The number of carboxylic acid groups (broad SMARTS) is 1. The molecule has 0 aliphatic heterocycles. The molecule has 1 rings (SSSR count). The van der Waals surface area contributed by atoms with E-state index in [1.54, 1.807) is 6.92 Å². The Morgan fingerprint density at radius 2 is 2.00 bits per heavy atom. The second-order valence-electron chi connectivity index (χ2n) is 5.09. The third kappa shape index (κ3) is 4.80. The number of amides is 1. The fraction of sp³-hybridized carbons (Fsp3) is 0.467. The Morgan fingerprint density at radius 3 is 2.48 bits per heavy atom. The van der Waals surface area contributed by atoms with Crippen molar-refractivity contribution in [1.29, 1.82) is 0 Å². The molecule has 0 aliphatic carbocycles. The molecule has 2 N–H and O–H groups in total. The van der Waals surface area contributed by atoms with Gasteiger partial charge in [-0.25, -0.2) is 4.79 Å². The average molecular weight is 331 g/mol. The molecule has 1 atom stereocenters. The number of hydrogen-bond donors (Lipinski definition) is 2. The molecule has 0 fully saturated rings. The van der Waals surface area contributed by atoms with E-state index >= 15 is 0 Å². The molecule has 0 saturated carbocycles. The van der Waals surface area contributed by atoms with E-state index in [2.05, 4.69) is 10.1 Å². The second kappa shape index (κ2) is 7.75. The first-order valence-electron chi connectivity index (χ1n) is 6.92. The van der Waals surface area contributed by atoms with Crippen LogP contribution in [-0.4, -0.2) is 36.2 Å². The quantitative estimate of drug-likeness (QED) is 0.765. The minimum atomic E-state index is -3.02. The first kappa shape index (κ1) is 18.7. The van der Waals surface area contributed by atoms with Gasteiger partial charge in [-0.05, 0) is 31.5 Å². The smallest absolute Gasteiger partial charge is 0.387 e. The highest BCUT2D eigenvalue weighted by atomic mass is 19.3. The lowest BCUT2D eigenvalue weighted by atomic mass is 9.95.